The Bertz CT molecular complexity index is 763. The molecule has 5 nitrogen and oxygen atoms in total. The molecule has 1 aromatic carbocycles. The third kappa shape index (κ3) is 3.86. The van der Waals surface area contributed by atoms with Crippen molar-refractivity contribution in [1.29, 1.82) is 0 Å². The molecule has 0 saturated heterocycles. The summed E-state index contributed by atoms with van der Waals surface area (Å²) >= 11 is 3.00. The van der Waals surface area contributed by atoms with Gasteiger partial charge in [-0.15, -0.1) is 0 Å². The van der Waals surface area contributed by atoms with Gasteiger partial charge < -0.3 is 4.74 Å². The Morgan fingerprint density at radius 2 is 2.13 bits per heavy atom. The summed E-state index contributed by atoms with van der Waals surface area (Å²) in [6.45, 7) is 3.68. The molecular formula is C15H14FIN2O3S. The molecule has 1 aromatic heterocycles. The highest BCUT2D eigenvalue weighted by molar-refractivity contribution is 14.1. The van der Waals surface area contributed by atoms with Crippen molar-refractivity contribution < 1.29 is 18.7 Å². The van der Waals surface area contributed by atoms with Gasteiger partial charge in [0.15, 0.2) is 5.13 Å². The Labute approximate surface area is 150 Å². The van der Waals surface area contributed by atoms with Gasteiger partial charge in [-0.2, -0.15) is 0 Å². The fourth-order valence-corrected chi connectivity index (χ4v) is 3.47. The van der Waals surface area contributed by atoms with Crippen LogP contribution >= 0.6 is 33.9 Å². The van der Waals surface area contributed by atoms with Gasteiger partial charge in [0.05, 0.1) is 17.9 Å². The van der Waals surface area contributed by atoms with Crippen molar-refractivity contribution in [2.45, 2.75) is 13.8 Å². The van der Waals surface area contributed by atoms with Crippen molar-refractivity contribution in [2.75, 3.05) is 18.6 Å². The third-order valence-corrected chi connectivity index (χ3v) is 5.11. The summed E-state index contributed by atoms with van der Waals surface area (Å²) in [5.74, 6) is -1.17. The summed E-state index contributed by atoms with van der Waals surface area (Å²) in [4.78, 5) is 30.3. The fourth-order valence-electron chi connectivity index (χ4n) is 1.84. The summed E-state index contributed by atoms with van der Waals surface area (Å²) in [7, 11) is 1.56. The number of carbonyl (C=O) groups is 2. The van der Waals surface area contributed by atoms with Crippen LogP contribution in [0.1, 0.15) is 32.6 Å². The van der Waals surface area contributed by atoms with Crippen molar-refractivity contribution in [3.05, 3.63) is 43.7 Å². The average Bonchev–Trinajstić information content (AvgIpc) is 2.88. The first kappa shape index (κ1) is 17.8. The molecule has 0 atom stereocenters. The highest BCUT2D eigenvalue weighted by Gasteiger charge is 2.23. The number of hydrogen-bond donors (Lipinski definition) is 0. The van der Waals surface area contributed by atoms with E-state index in [-0.39, 0.29) is 12.5 Å². The zero-order chi connectivity index (χ0) is 17.1. The average molecular weight is 448 g/mol. The molecule has 0 saturated carbocycles. The SMILES string of the molecule is CCOC(=O)c1sc(N(C)C(=O)c2ccc(F)cc2I)nc1C. The molecule has 0 fully saturated rings. The van der Waals surface area contributed by atoms with Crippen molar-refractivity contribution in [3.8, 4) is 0 Å². The Kier molecular flexibility index (Phi) is 5.69. The number of thiazole rings is 1. The second-order valence-corrected chi connectivity index (χ2v) is 6.76. The number of benzene rings is 1. The van der Waals surface area contributed by atoms with E-state index in [4.69, 9.17) is 4.74 Å². The van der Waals surface area contributed by atoms with Gasteiger partial charge in [0.1, 0.15) is 10.7 Å². The van der Waals surface area contributed by atoms with Gasteiger partial charge in [0.25, 0.3) is 5.91 Å². The lowest BCUT2D eigenvalue weighted by atomic mass is 10.2. The van der Waals surface area contributed by atoms with Crippen molar-refractivity contribution in [3.63, 3.8) is 0 Å². The second kappa shape index (κ2) is 7.35. The maximum absolute atomic E-state index is 13.2. The van der Waals surface area contributed by atoms with Gasteiger partial charge in [-0.3, -0.25) is 9.69 Å². The lowest BCUT2D eigenvalue weighted by Crippen LogP contribution is -2.26. The first-order valence-electron chi connectivity index (χ1n) is 6.72. The highest BCUT2D eigenvalue weighted by atomic mass is 127. The minimum Gasteiger partial charge on any atom is -0.462 e. The van der Waals surface area contributed by atoms with Crippen LogP contribution in [-0.2, 0) is 4.74 Å². The molecule has 8 heteroatoms. The van der Waals surface area contributed by atoms with Gasteiger partial charge >= 0.3 is 5.97 Å². The number of ether oxygens (including phenoxy) is 1. The number of nitrogens with zero attached hydrogens (tertiary/aromatic N) is 2. The molecule has 2 rings (SSSR count). The predicted molar refractivity (Wildman–Crippen MR) is 94.7 cm³/mol. The summed E-state index contributed by atoms with van der Waals surface area (Å²) in [6.07, 6.45) is 0. The largest absolute Gasteiger partial charge is 0.462 e. The molecule has 0 aliphatic carbocycles. The molecular weight excluding hydrogens is 434 g/mol. The van der Waals surface area contributed by atoms with Crippen LogP contribution in [0, 0.1) is 16.3 Å². The summed E-state index contributed by atoms with van der Waals surface area (Å²) in [6, 6.07) is 3.96. The minimum atomic E-state index is -0.453. The number of aryl methyl sites for hydroxylation is 1. The van der Waals surface area contributed by atoms with E-state index in [2.05, 4.69) is 4.98 Å². The maximum atomic E-state index is 13.2. The Morgan fingerprint density at radius 3 is 2.74 bits per heavy atom. The Hall–Kier alpha value is -1.55. The first-order chi connectivity index (χ1) is 10.8. The zero-order valence-electron chi connectivity index (χ0n) is 12.7. The number of halogens is 2. The third-order valence-electron chi connectivity index (χ3n) is 3.00. The van der Waals surface area contributed by atoms with Crippen LogP contribution in [-0.4, -0.2) is 30.5 Å². The molecule has 0 aliphatic heterocycles. The van der Waals surface area contributed by atoms with E-state index in [1.54, 1.807) is 20.9 Å². The number of hydrogen-bond acceptors (Lipinski definition) is 5. The van der Waals surface area contributed by atoms with Gasteiger partial charge in [0.2, 0.25) is 0 Å². The van der Waals surface area contributed by atoms with Gasteiger partial charge in [-0.1, -0.05) is 11.3 Å². The van der Waals surface area contributed by atoms with Crippen LogP contribution in [0.15, 0.2) is 18.2 Å². The molecule has 0 aliphatic rings. The summed E-state index contributed by atoms with van der Waals surface area (Å²) in [5.41, 5.74) is 0.886. The number of aromatic nitrogens is 1. The lowest BCUT2D eigenvalue weighted by Gasteiger charge is -2.14. The number of esters is 1. The number of amides is 1. The molecule has 0 bridgehead atoms. The first-order valence-corrected chi connectivity index (χ1v) is 8.62. The predicted octanol–water partition coefficient (Wildman–Crippen LogP) is 3.65. The molecule has 1 amide bonds. The van der Waals surface area contributed by atoms with E-state index in [1.807, 2.05) is 22.6 Å². The number of rotatable bonds is 4. The molecule has 0 unspecified atom stereocenters. The topological polar surface area (TPSA) is 59.5 Å². The molecule has 23 heavy (non-hydrogen) atoms. The van der Waals surface area contributed by atoms with E-state index < -0.39 is 11.8 Å². The Morgan fingerprint density at radius 1 is 1.43 bits per heavy atom. The lowest BCUT2D eigenvalue weighted by molar-refractivity contribution is 0.0531. The van der Waals surface area contributed by atoms with Crippen molar-refractivity contribution in [1.82, 2.24) is 4.98 Å². The van der Waals surface area contributed by atoms with E-state index in [0.717, 1.165) is 11.3 Å². The van der Waals surface area contributed by atoms with E-state index in [1.165, 1.54) is 23.1 Å². The van der Waals surface area contributed by atoms with Crippen LogP contribution in [0.3, 0.4) is 0 Å². The second-order valence-electron chi connectivity index (χ2n) is 4.62. The van der Waals surface area contributed by atoms with Crippen LogP contribution in [0.4, 0.5) is 9.52 Å². The number of carbonyl (C=O) groups excluding carboxylic acids is 2. The Balaban J connectivity index is 2.29. The smallest absolute Gasteiger partial charge is 0.350 e. The maximum Gasteiger partial charge on any atom is 0.350 e. The molecule has 122 valence electrons. The van der Waals surface area contributed by atoms with Crippen LogP contribution in [0.25, 0.3) is 0 Å². The molecule has 0 radical (unpaired) electrons. The van der Waals surface area contributed by atoms with E-state index >= 15 is 0 Å². The van der Waals surface area contributed by atoms with Gasteiger partial charge in [-0.25, -0.2) is 14.2 Å². The molecule has 2 aromatic rings. The fraction of sp³-hybridized carbons (Fsp3) is 0.267. The van der Waals surface area contributed by atoms with Crippen LogP contribution in [0.5, 0.6) is 0 Å². The van der Waals surface area contributed by atoms with Crippen molar-refractivity contribution in [2.24, 2.45) is 0 Å². The zero-order valence-corrected chi connectivity index (χ0v) is 15.7. The van der Waals surface area contributed by atoms with Gasteiger partial charge in [-0.05, 0) is 54.6 Å². The van der Waals surface area contributed by atoms with Gasteiger partial charge in [0, 0.05) is 10.6 Å². The normalized spacial score (nSPS) is 10.5. The van der Waals surface area contributed by atoms with Crippen molar-refractivity contribution >= 4 is 50.9 Å². The monoisotopic (exact) mass is 448 g/mol. The standard InChI is InChI=1S/C15H14FIN2O3S/c1-4-22-14(21)12-8(2)18-15(23-12)19(3)13(20)10-6-5-9(16)7-11(10)17/h5-7H,4H2,1-3H3. The molecule has 1 heterocycles. The van der Waals surface area contributed by atoms with E-state index in [0.29, 0.717) is 24.8 Å². The molecule has 0 spiro atoms. The van der Waals surface area contributed by atoms with E-state index in [9.17, 15) is 14.0 Å². The van der Waals surface area contributed by atoms with Crippen LogP contribution < -0.4 is 4.90 Å². The summed E-state index contributed by atoms with van der Waals surface area (Å²) < 4.78 is 18.6. The quantitative estimate of drug-likeness (QED) is 0.530. The van der Waals surface area contributed by atoms with Crippen LogP contribution in [0.2, 0.25) is 0 Å². The molecule has 0 N–H and O–H groups in total. The number of anilines is 1. The minimum absolute atomic E-state index is 0.272. The highest BCUT2D eigenvalue weighted by Crippen LogP contribution is 2.27. The summed E-state index contributed by atoms with van der Waals surface area (Å²) in [5, 5.41) is 0.385.